The highest BCUT2D eigenvalue weighted by atomic mass is 16.3. The number of rotatable bonds is 2. The van der Waals surface area contributed by atoms with Crippen LogP contribution in [0.15, 0.2) is 29.1 Å². The van der Waals surface area contributed by atoms with E-state index in [1.54, 1.807) is 29.7 Å². The first kappa shape index (κ1) is 17.8. The van der Waals surface area contributed by atoms with Crippen LogP contribution >= 0.6 is 0 Å². The SMILES string of the molecule is CC[C@@]1(O)C(=O)CCc2c1cc1n(c2=O)Cc2cc3c(C=O)c(O)ccc3nc2-1. The second-order valence-electron chi connectivity index (χ2n) is 7.63. The molecule has 1 aromatic carbocycles. The Bertz CT molecular complexity index is 1310. The maximum Gasteiger partial charge on any atom is 0.254 e. The molecule has 0 saturated heterocycles. The number of pyridine rings is 2. The van der Waals surface area contributed by atoms with Crippen molar-refractivity contribution in [2.75, 3.05) is 0 Å². The van der Waals surface area contributed by atoms with Gasteiger partial charge in [-0.05, 0) is 37.1 Å². The Hall–Kier alpha value is -3.32. The van der Waals surface area contributed by atoms with E-state index in [1.807, 2.05) is 0 Å². The summed E-state index contributed by atoms with van der Waals surface area (Å²) in [5.74, 6) is -0.392. The fraction of sp³-hybridized carbons (Fsp3) is 0.273. The molecule has 1 aliphatic heterocycles. The van der Waals surface area contributed by atoms with Crippen LogP contribution in [-0.2, 0) is 23.4 Å². The number of hydrogen-bond donors (Lipinski definition) is 2. The lowest BCUT2D eigenvalue weighted by atomic mass is 9.77. The lowest BCUT2D eigenvalue weighted by molar-refractivity contribution is -0.140. The largest absolute Gasteiger partial charge is 0.507 e. The molecule has 29 heavy (non-hydrogen) atoms. The molecule has 2 N–H and O–H groups in total. The van der Waals surface area contributed by atoms with Gasteiger partial charge >= 0.3 is 0 Å². The first-order valence-corrected chi connectivity index (χ1v) is 9.53. The molecule has 5 rings (SSSR count). The number of aromatic nitrogens is 2. The zero-order chi connectivity index (χ0) is 20.5. The summed E-state index contributed by atoms with van der Waals surface area (Å²) < 4.78 is 1.60. The van der Waals surface area contributed by atoms with Crippen LogP contribution in [-0.4, -0.2) is 31.8 Å². The van der Waals surface area contributed by atoms with Gasteiger partial charge in [0.25, 0.3) is 5.56 Å². The number of Topliss-reactive ketones (excluding diaryl/α,β-unsaturated/α-hetero) is 1. The number of nitrogens with zero attached hydrogens (tertiary/aromatic N) is 2. The molecule has 2 aliphatic rings. The standard InChI is InChI=1S/C22H18N2O5/c1-2-22(29)15-8-17-20-11(9-24(17)21(28)12(15)3-6-19(22)27)7-13-14(10-25)18(26)5-4-16(13)23-20/h4-5,7-8,10,26,29H,2-3,6,9H2,1H3/t22-/m0/s1. The predicted molar refractivity (Wildman–Crippen MR) is 105 cm³/mol. The fourth-order valence-corrected chi connectivity index (χ4v) is 4.57. The molecular formula is C22H18N2O5. The molecule has 0 radical (unpaired) electrons. The molecule has 3 aromatic rings. The number of phenols is 1. The topological polar surface area (TPSA) is 109 Å². The van der Waals surface area contributed by atoms with Crippen LogP contribution in [0.25, 0.3) is 22.3 Å². The average Bonchev–Trinajstić information content (AvgIpc) is 3.08. The Labute approximate surface area is 165 Å². The van der Waals surface area contributed by atoms with Crippen LogP contribution < -0.4 is 5.56 Å². The van der Waals surface area contributed by atoms with Crippen molar-refractivity contribution in [3.05, 3.63) is 56.9 Å². The quantitative estimate of drug-likeness (QED) is 0.507. The van der Waals surface area contributed by atoms with Crippen LogP contribution in [0.3, 0.4) is 0 Å². The van der Waals surface area contributed by atoms with Crippen molar-refractivity contribution in [2.45, 2.75) is 38.3 Å². The highest BCUT2D eigenvalue weighted by Crippen LogP contribution is 2.39. The summed E-state index contributed by atoms with van der Waals surface area (Å²) in [5.41, 5.74) is 1.52. The first-order chi connectivity index (χ1) is 13.9. The van der Waals surface area contributed by atoms with Gasteiger partial charge in [0.1, 0.15) is 11.4 Å². The van der Waals surface area contributed by atoms with Gasteiger partial charge in [0, 0.05) is 28.5 Å². The van der Waals surface area contributed by atoms with Crippen molar-refractivity contribution in [1.82, 2.24) is 9.55 Å². The maximum atomic E-state index is 13.2. The third-order valence-electron chi connectivity index (χ3n) is 6.21. The third-order valence-corrected chi connectivity index (χ3v) is 6.21. The van der Waals surface area contributed by atoms with Gasteiger partial charge in [-0.3, -0.25) is 14.4 Å². The summed E-state index contributed by atoms with van der Waals surface area (Å²) in [6, 6.07) is 6.50. The van der Waals surface area contributed by atoms with E-state index in [4.69, 9.17) is 0 Å². The molecule has 0 bridgehead atoms. The van der Waals surface area contributed by atoms with Crippen molar-refractivity contribution in [3.8, 4) is 17.1 Å². The molecule has 7 nitrogen and oxygen atoms in total. The zero-order valence-electron chi connectivity index (χ0n) is 15.7. The van der Waals surface area contributed by atoms with Gasteiger partial charge in [0.05, 0.1) is 29.0 Å². The number of benzene rings is 1. The summed E-state index contributed by atoms with van der Waals surface area (Å²) in [6.45, 7) is 2.01. The summed E-state index contributed by atoms with van der Waals surface area (Å²) in [4.78, 5) is 41.6. The Morgan fingerprint density at radius 2 is 2.03 bits per heavy atom. The van der Waals surface area contributed by atoms with Crippen LogP contribution in [0, 0.1) is 0 Å². The first-order valence-electron chi connectivity index (χ1n) is 9.53. The number of phenolic OH excluding ortho intramolecular Hbond substituents is 1. The van der Waals surface area contributed by atoms with Crippen LogP contribution in [0.2, 0.25) is 0 Å². The fourth-order valence-electron chi connectivity index (χ4n) is 4.57. The van der Waals surface area contributed by atoms with Crippen LogP contribution in [0.4, 0.5) is 0 Å². The summed E-state index contributed by atoms with van der Waals surface area (Å²) in [6.07, 6.45) is 1.24. The van der Waals surface area contributed by atoms with Crippen LogP contribution in [0.5, 0.6) is 5.75 Å². The molecule has 3 heterocycles. The third kappa shape index (κ3) is 2.22. The molecule has 0 saturated carbocycles. The Balaban J connectivity index is 1.80. The van der Waals surface area contributed by atoms with E-state index < -0.39 is 5.60 Å². The lowest BCUT2D eigenvalue weighted by Gasteiger charge is -2.32. The molecule has 1 aliphatic carbocycles. The Kier molecular flexibility index (Phi) is 3.58. The number of ketones is 1. The van der Waals surface area contributed by atoms with Gasteiger partial charge in [-0.2, -0.15) is 0 Å². The normalized spacial score (nSPS) is 19.7. The smallest absolute Gasteiger partial charge is 0.254 e. The molecule has 0 spiro atoms. The molecule has 0 unspecified atom stereocenters. The monoisotopic (exact) mass is 390 g/mol. The summed E-state index contributed by atoms with van der Waals surface area (Å²) in [5, 5.41) is 21.5. The van der Waals surface area contributed by atoms with Gasteiger partial charge in [-0.15, -0.1) is 0 Å². The number of fused-ring (bicyclic) bond motifs is 5. The van der Waals surface area contributed by atoms with Crippen LogP contribution in [0.1, 0.15) is 46.8 Å². The second-order valence-corrected chi connectivity index (χ2v) is 7.63. The van der Waals surface area contributed by atoms with Gasteiger partial charge < -0.3 is 14.8 Å². The minimum absolute atomic E-state index is 0.121. The van der Waals surface area contributed by atoms with Gasteiger partial charge in [0.15, 0.2) is 12.1 Å². The molecule has 2 aromatic heterocycles. The highest BCUT2D eigenvalue weighted by molar-refractivity contribution is 6.00. The molecule has 146 valence electrons. The minimum Gasteiger partial charge on any atom is -0.507 e. The van der Waals surface area contributed by atoms with Crippen molar-refractivity contribution < 1.29 is 19.8 Å². The highest BCUT2D eigenvalue weighted by Gasteiger charge is 2.43. The number of carbonyl (C=O) groups is 2. The minimum atomic E-state index is -1.65. The molecular weight excluding hydrogens is 372 g/mol. The maximum absolute atomic E-state index is 13.2. The number of carbonyl (C=O) groups excluding carboxylic acids is 2. The van der Waals surface area contributed by atoms with Crippen molar-refractivity contribution >= 4 is 23.0 Å². The van der Waals surface area contributed by atoms with E-state index in [9.17, 15) is 24.6 Å². The van der Waals surface area contributed by atoms with E-state index >= 15 is 0 Å². The molecule has 1 atom stereocenters. The van der Waals surface area contributed by atoms with Gasteiger partial charge in [-0.1, -0.05) is 6.92 Å². The Morgan fingerprint density at radius 3 is 2.76 bits per heavy atom. The second kappa shape index (κ2) is 5.84. The lowest BCUT2D eigenvalue weighted by Crippen LogP contribution is -2.43. The number of aliphatic hydroxyl groups is 1. The van der Waals surface area contributed by atoms with Crippen molar-refractivity contribution in [2.24, 2.45) is 0 Å². The van der Waals surface area contributed by atoms with Crippen molar-refractivity contribution in [1.29, 1.82) is 0 Å². The number of aldehydes is 1. The van der Waals surface area contributed by atoms with Crippen molar-refractivity contribution in [3.63, 3.8) is 0 Å². The van der Waals surface area contributed by atoms with Gasteiger partial charge in [0.2, 0.25) is 0 Å². The molecule has 0 fully saturated rings. The van der Waals surface area contributed by atoms with E-state index in [1.165, 1.54) is 6.07 Å². The molecule has 7 heteroatoms. The average molecular weight is 390 g/mol. The van der Waals surface area contributed by atoms with E-state index in [2.05, 4.69) is 4.98 Å². The number of hydrogen-bond acceptors (Lipinski definition) is 6. The van der Waals surface area contributed by atoms with Gasteiger partial charge in [-0.25, -0.2) is 4.98 Å². The number of aromatic hydroxyl groups is 1. The van der Waals surface area contributed by atoms with E-state index in [-0.39, 0.29) is 42.0 Å². The zero-order valence-corrected chi connectivity index (χ0v) is 15.7. The summed E-state index contributed by atoms with van der Waals surface area (Å²) in [7, 11) is 0. The van der Waals surface area contributed by atoms with E-state index in [0.717, 1.165) is 5.56 Å². The summed E-state index contributed by atoms with van der Waals surface area (Å²) >= 11 is 0. The molecule has 0 amide bonds. The predicted octanol–water partition coefficient (Wildman–Crippen LogP) is 2.06. The van der Waals surface area contributed by atoms with E-state index in [0.29, 0.717) is 46.1 Å². The Morgan fingerprint density at radius 1 is 1.24 bits per heavy atom.